The smallest absolute Gasteiger partial charge is 0.224 e. The van der Waals surface area contributed by atoms with Crippen molar-refractivity contribution in [1.82, 2.24) is 9.97 Å². The van der Waals surface area contributed by atoms with E-state index in [0.717, 1.165) is 5.69 Å². The number of hydrogen-bond donors (Lipinski definition) is 2. The zero-order valence-electron chi connectivity index (χ0n) is 11.0. The summed E-state index contributed by atoms with van der Waals surface area (Å²) in [5.74, 6) is -0.461. The van der Waals surface area contributed by atoms with Gasteiger partial charge >= 0.3 is 0 Å². The lowest BCUT2D eigenvalue weighted by Gasteiger charge is -2.33. The van der Waals surface area contributed by atoms with Crippen LogP contribution in [-0.4, -0.2) is 22.6 Å². The summed E-state index contributed by atoms with van der Waals surface area (Å²) in [6, 6.07) is 4.44. The van der Waals surface area contributed by atoms with E-state index in [0.29, 0.717) is 11.4 Å². The number of rotatable bonds is 3. The van der Waals surface area contributed by atoms with Gasteiger partial charge in [0.1, 0.15) is 17.8 Å². The molecule has 0 spiro atoms. The van der Waals surface area contributed by atoms with E-state index < -0.39 is 10.8 Å². The lowest BCUT2D eigenvalue weighted by molar-refractivity contribution is 0.628. The standard InChI is InChI=1S/C13H11ClFN5S/c1-21-13(20-8-2-3-10(15)9(14)4-8)12-11(17-7-19-13)5-16-6-18-12/h2-7,20H,1H3,(H,17,19). The Balaban J connectivity index is 2.02. The molecule has 1 unspecified atom stereocenters. The topological polar surface area (TPSA) is 62.2 Å². The highest BCUT2D eigenvalue weighted by Crippen LogP contribution is 2.41. The van der Waals surface area contributed by atoms with Gasteiger partial charge in [-0.05, 0) is 24.5 Å². The molecule has 21 heavy (non-hydrogen) atoms. The van der Waals surface area contributed by atoms with Crippen LogP contribution < -0.4 is 10.6 Å². The van der Waals surface area contributed by atoms with Crippen molar-refractivity contribution in [2.45, 2.75) is 4.99 Å². The Morgan fingerprint density at radius 2 is 2.29 bits per heavy atom. The molecule has 0 bridgehead atoms. The van der Waals surface area contributed by atoms with Crippen LogP contribution in [0.1, 0.15) is 5.69 Å². The SMILES string of the molecule is CSC1(Nc2ccc(F)c(Cl)c2)N=CNc2cncnc21. The molecule has 0 saturated heterocycles. The molecule has 0 aliphatic carbocycles. The maximum absolute atomic E-state index is 13.3. The summed E-state index contributed by atoms with van der Waals surface area (Å²) in [6.07, 6.45) is 6.64. The molecule has 5 nitrogen and oxygen atoms in total. The molecule has 1 aromatic heterocycles. The van der Waals surface area contributed by atoms with E-state index in [1.807, 2.05) is 6.26 Å². The van der Waals surface area contributed by atoms with Crippen LogP contribution in [0.3, 0.4) is 0 Å². The fourth-order valence-corrected chi connectivity index (χ4v) is 2.94. The van der Waals surface area contributed by atoms with Gasteiger partial charge in [0.2, 0.25) is 4.99 Å². The van der Waals surface area contributed by atoms with Crippen molar-refractivity contribution in [2.24, 2.45) is 4.99 Å². The van der Waals surface area contributed by atoms with E-state index in [1.54, 1.807) is 18.6 Å². The first kappa shape index (κ1) is 14.1. The number of benzene rings is 1. The monoisotopic (exact) mass is 323 g/mol. The van der Waals surface area contributed by atoms with Crippen molar-refractivity contribution < 1.29 is 4.39 Å². The predicted molar refractivity (Wildman–Crippen MR) is 84.4 cm³/mol. The van der Waals surface area contributed by atoms with Crippen molar-refractivity contribution in [3.05, 3.63) is 47.3 Å². The molecule has 8 heteroatoms. The van der Waals surface area contributed by atoms with Gasteiger partial charge in [-0.15, -0.1) is 11.8 Å². The predicted octanol–water partition coefficient (Wildman–Crippen LogP) is 3.31. The molecule has 2 heterocycles. The van der Waals surface area contributed by atoms with Crippen molar-refractivity contribution in [1.29, 1.82) is 0 Å². The number of anilines is 2. The molecule has 108 valence electrons. The normalized spacial score (nSPS) is 19.8. The van der Waals surface area contributed by atoms with Crippen LogP contribution in [0.25, 0.3) is 0 Å². The first-order valence-corrected chi connectivity index (χ1v) is 7.64. The maximum atomic E-state index is 13.3. The average Bonchev–Trinajstić information content (AvgIpc) is 2.51. The minimum Gasteiger partial charge on any atom is -0.348 e. The minimum atomic E-state index is -0.815. The van der Waals surface area contributed by atoms with Gasteiger partial charge in [0.05, 0.1) is 23.2 Å². The summed E-state index contributed by atoms with van der Waals surface area (Å²) < 4.78 is 13.3. The molecule has 1 atom stereocenters. The average molecular weight is 324 g/mol. The number of aliphatic imine (C=N–C) groups is 1. The van der Waals surface area contributed by atoms with Crippen molar-refractivity contribution in [3.8, 4) is 0 Å². The molecule has 3 rings (SSSR count). The third kappa shape index (κ3) is 2.54. The van der Waals surface area contributed by atoms with E-state index in [9.17, 15) is 4.39 Å². The lowest BCUT2D eigenvalue weighted by atomic mass is 10.2. The number of nitrogens with one attached hydrogen (secondary N) is 2. The second-order valence-corrected chi connectivity index (χ2v) is 5.70. The third-order valence-electron chi connectivity index (χ3n) is 3.03. The van der Waals surface area contributed by atoms with Crippen LogP contribution in [0.15, 0.2) is 35.7 Å². The fraction of sp³-hybridized carbons (Fsp3) is 0.154. The highest BCUT2D eigenvalue weighted by atomic mass is 35.5. The van der Waals surface area contributed by atoms with Gasteiger partial charge in [-0.3, -0.25) is 0 Å². The molecule has 0 fully saturated rings. The number of hydrogen-bond acceptors (Lipinski definition) is 6. The Kier molecular flexibility index (Phi) is 3.69. The van der Waals surface area contributed by atoms with Gasteiger partial charge in [-0.2, -0.15) is 0 Å². The quantitative estimate of drug-likeness (QED) is 0.849. The molecule has 0 radical (unpaired) electrons. The molecule has 1 aromatic carbocycles. The van der Waals surface area contributed by atoms with Crippen LogP contribution >= 0.6 is 23.4 Å². The second-order valence-electron chi connectivity index (χ2n) is 4.29. The summed E-state index contributed by atoms with van der Waals surface area (Å²) in [6.45, 7) is 0. The zero-order valence-corrected chi connectivity index (χ0v) is 12.5. The van der Waals surface area contributed by atoms with Gasteiger partial charge in [-0.25, -0.2) is 19.4 Å². The Morgan fingerprint density at radius 1 is 1.43 bits per heavy atom. The van der Waals surface area contributed by atoms with E-state index in [1.165, 1.54) is 30.2 Å². The van der Waals surface area contributed by atoms with Crippen LogP contribution in [-0.2, 0) is 4.99 Å². The number of fused-ring (bicyclic) bond motifs is 1. The minimum absolute atomic E-state index is 0.0529. The Hall–Kier alpha value is -1.86. The molecule has 1 aliphatic heterocycles. The highest BCUT2D eigenvalue weighted by Gasteiger charge is 2.36. The fourth-order valence-electron chi connectivity index (χ4n) is 2.02. The Labute approximate surface area is 130 Å². The van der Waals surface area contributed by atoms with E-state index in [4.69, 9.17) is 11.6 Å². The number of nitrogens with zero attached hydrogens (tertiary/aromatic N) is 3. The third-order valence-corrected chi connectivity index (χ3v) is 4.31. The molecule has 2 N–H and O–H groups in total. The van der Waals surface area contributed by atoms with Gasteiger partial charge in [0.25, 0.3) is 0 Å². The van der Waals surface area contributed by atoms with Crippen LogP contribution in [0.4, 0.5) is 15.8 Å². The Bertz CT molecular complexity index is 711. The van der Waals surface area contributed by atoms with E-state index >= 15 is 0 Å². The highest BCUT2D eigenvalue weighted by molar-refractivity contribution is 7.99. The first-order valence-electron chi connectivity index (χ1n) is 6.04. The first-order chi connectivity index (χ1) is 10.1. The van der Waals surface area contributed by atoms with Gasteiger partial charge in [-0.1, -0.05) is 11.6 Å². The summed E-state index contributed by atoms with van der Waals surface area (Å²) >= 11 is 7.29. The summed E-state index contributed by atoms with van der Waals surface area (Å²) in [7, 11) is 0. The molecule has 0 amide bonds. The van der Waals surface area contributed by atoms with E-state index in [2.05, 4.69) is 25.6 Å². The molecule has 0 saturated carbocycles. The number of aromatic nitrogens is 2. The zero-order chi connectivity index (χ0) is 14.9. The Morgan fingerprint density at radius 3 is 3.05 bits per heavy atom. The van der Waals surface area contributed by atoms with Crippen molar-refractivity contribution in [3.63, 3.8) is 0 Å². The van der Waals surface area contributed by atoms with E-state index in [-0.39, 0.29) is 5.02 Å². The number of halogens is 2. The number of thioether (sulfide) groups is 1. The van der Waals surface area contributed by atoms with Gasteiger partial charge in [0, 0.05) is 5.69 Å². The lowest BCUT2D eigenvalue weighted by Crippen LogP contribution is -2.35. The molecule has 2 aromatic rings. The summed E-state index contributed by atoms with van der Waals surface area (Å²) in [4.78, 5) is 11.9. The van der Waals surface area contributed by atoms with Gasteiger partial charge < -0.3 is 10.6 Å². The van der Waals surface area contributed by atoms with Crippen LogP contribution in [0, 0.1) is 5.82 Å². The molecular weight excluding hydrogens is 313 g/mol. The molecular formula is C13H11ClFN5S. The summed E-state index contributed by atoms with van der Waals surface area (Å²) in [5.41, 5.74) is 2.12. The second kappa shape index (κ2) is 5.50. The molecule has 1 aliphatic rings. The van der Waals surface area contributed by atoms with Gasteiger partial charge in [0.15, 0.2) is 0 Å². The van der Waals surface area contributed by atoms with Crippen LogP contribution in [0.5, 0.6) is 0 Å². The largest absolute Gasteiger partial charge is 0.348 e. The van der Waals surface area contributed by atoms with Crippen LogP contribution in [0.2, 0.25) is 5.02 Å². The van der Waals surface area contributed by atoms with Crippen molar-refractivity contribution in [2.75, 3.05) is 16.9 Å². The van der Waals surface area contributed by atoms with Crippen molar-refractivity contribution >= 4 is 41.1 Å². The summed E-state index contributed by atoms with van der Waals surface area (Å²) in [5, 5.41) is 6.31. The maximum Gasteiger partial charge on any atom is 0.224 e.